The Hall–Kier alpha value is -2.06. The predicted octanol–water partition coefficient (Wildman–Crippen LogP) is 1.83. The van der Waals surface area contributed by atoms with Gasteiger partial charge in [-0.05, 0) is 52.4 Å². The summed E-state index contributed by atoms with van der Waals surface area (Å²) in [6, 6.07) is 3.27. The van der Waals surface area contributed by atoms with Crippen molar-refractivity contribution < 1.29 is 18.4 Å². The summed E-state index contributed by atoms with van der Waals surface area (Å²) in [7, 11) is 0. The summed E-state index contributed by atoms with van der Waals surface area (Å²) < 4.78 is 26.2. The van der Waals surface area contributed by atoms with Crippen LogP contribution in [-0.2, 0) is 9.59 Å². The normalized spacial score (nSPS) is 16.6. The molecule has 27 heavy (non-hydrogen) atoms. The molecule has 1 saturated heterocycles. The van der Waals surface area contributed by atoms with Gasteiger partial charge in [0.15, 0.2) is 11.6 Å². The minimum Gasteiger partial charge on any atom is -0.350 e. The first kappa shape index (κ1) is 21.2. The number of carbonyl (C=O) groups excluding carboxylic acids is 2. The Kier molecular flexibility index (Phi) is 7.26. The van der Waals surface area contributed by atoms with Crippen LogP contribution in [0.15, 0.2) is 18.2 Å². The van der Waals surface area contributed by atoms with E-state index in [-0.39, 0.29) is 29.6 Å². The number of anilines is 1. The highest BCUT2D eigenvalue weighted by Gasteiger charge is 2.21. The monoisotopic (exact) mass is 382 g/mol. The average molecular weight is 382 g/mol. The molecule has 1 aromatic carbocycles. The molecule has 0 atom stereocenters. The fourth-order valence-corrected chi connectivity index (χ4v) is 2.98. The molecule has 1 aliphatic rings. The molecule has 1 aliphatic heterocycles. The van der Waals surface area contributed by atoms with Crippen molar-refractivity contribution in [2.75, 3.05) is 44.6 Å². The first-order valence-corrected chi connectivity index (χ1v) is 9.13. The lowest BCUT2D eigenvalue weighted by atomic mass is 10.1. The van der Waals surface area contributed by atoms with Crippen LogP contribution in [0.1, 0.15) is 27.2 Å². The van der Waals surface area contributed by atoms with Crippen LogP contribution in [-0.4, -0.2) is 66.4 Å². The summed E-state index contributed by atoms with van der Waals surface area (Å²) in [6.07, 6.45) is 0.848. The quantitative estimate of drug-likeness (QED) is 0.816. The second-order valence-electron chi connectivity index (χ2n) is 7.88. The van der Waals surface area contributed by atoms with Gasteiger partial charge in [-0.25, -0.2) is 8.78 Å². The van der Waals surface area contributed by atoms with E-state index < -0.39 is 11.6 Å². The van der Waals surface area contributed by atoms with Crippen LogP contribution >= 0.6 is 0 Å². The first-order valence-electron chi connectivity index (χ1n) is 9.13. The highest BCUT2D eigenvalue weighted by molar-refractivity contribution is 5.92. The maximum atomic E-state index is 13.2. The molecule has 0 spiro atoms. The maximum absolute atomic E-state index is 13.2. The van der Waals surface area contributed by atoms with Crippen molar-refractivity contribution in [1.82, 2.24) is 15.1 Å². The SMILES string of the molecule is CC(C)(C)NC(=O)CN1CCCN(CC(=O)Nc2ccc(F)c(F)c2)CC1. The maximum Gasteiger partial charge on any atom is 0.238 e. The second kappa shape index (κ2) is 9.23. The molecule has 6 nitrogen and oxygen atoms in total. The van der Waals surface area contributed by atoms with Crippen molar-refractivity contribution in [2.45, 2.75) is 32.7 Å². The Labute approximate surface area is 158 Å². The molecule has 0 bridgehead atoms. The zero-order valence-electron chi connectivity index (χ0n) is 16.1. The molecule has 1 heterocycles. The van der Waals surface area contributed by atoms with Crippen molar-refractivity contribution >= 4 is 17.5 Å². The van der Waals surface area contributed by atoms with Crippen molar-refractivity contribution in [2.24, 2.45) is 0 Å². The Morgan fingerprint density at radius 1 is 0.963 bits per heavy atom. The smallest absolute Gasteiger partial charge is 0.238 e. The predicted molar refractivity (Wildman–Crippen MR) is 100 cm³/mol. The van der Waals surface area contributed by atoms with Crippen molar-refractivity contribution in [1.29, 1.82) is 0 Å². The third kappa shape index (κ3) is 7.60. The molecule has 0 unspecified atom stereocenters. The van der Waals surface area contributed by atoms with Crippen LogP contribution < -0.4 is 10.6 Å². The molecule has 2 rings (SSSR count). The third-order valence-corrected chi connectivity index (χ3v) is 4.13. The lowest BCUT2D eigenvalue weighted by Gasteiger charge is -2.25. The van der Waals surface area contributed by atoms with Crippen LogP contribution in [0.25, 0.3) is 0 Å². The summed E-state index contributed by atoms with van der Waals surface area (Å²) in [5.74, 6) is -2.23. The van der Waals surface area contributed by atoms with Crippen molar-refractivity contribution in [3.05, 3.63) is 29.8 Å². The third-order valence-electron chi connectivity index (χ3n) is 4.13. The van der Waals surface area contributed by atoms with E-state index in [1.807, 2.05) is 25.7 Å². The number of hydrogen-bond donors (Lipinski definition) is 2. The Balaban J connectivity index is 1.79. The summed E-state index contributed by atoms with van der Waals surface area (Å²) in [6.45, 7) is 9.22. The fraction of sp³-hybridized carbons (Fsp3) is 0.579. The topological polar surface area (TPSA) is 64.7 Å². The molecule has 2 amide bonds. The molecule has 0 aromatic heterocycles. The summed E-state index contributed by atoms with van der Waals surface area (Å²) in [5.41, 5.74) is -0.0263. The Morgan fingerprint density at radius 2 is 1.56 bits per heavy atom. The minimum absolute atomic E-state index is 0.00738. The van der Waals surface area contributed by atoms with E-state index in [1.54, 1.807) is 0 Å². The lowest BCUT2D eigenvalue weighted by molar-refractivity contribution is -0.123. The fourth-order valence-electron chi connectivity index (χ4n) is 2.98. The van der Waals surface area contributed by atoms with Gasteiger partial charge < -0.3 is 10.6 Å². The number of rotatable bonds is 5. The van der Waals surface area contributed by atoms with Gasteiger partial charge in [0.25, 0.3) is 0 Å². The van der Waals surface area contributed by atoms with Crippen molar-refractivity contribution in [3.63, 3.8) is 0 Å². The van der Waals surface area contributed by atoms with Crippen LogP contribution in [0.3, 0.4) is 0 Å². The highest BCUT2D eigenvalue weighted by atomic mass is 19.2. The van der Waals surface area contributed by atoms with Crippen LogP contribution in [0, 0.1) is 11.6 Å². The molecule has 0 saturated carbocycles. The van der Waals surface area contributed by atoms with Crippen LogP contribution in [0.5, 0.6) is 0 Å². The van der Waals surface area contributed by atoms with Gasteiger partial charge in [0.05, 0.1) is 13.1 Å². The van der Waals surface area contributed by atoms with Gasteiger partial charge >= 0.3 is 0 Å². The number of amides is 2. The van der Waals surface area contributed by atoms with E-state index >= 15 is 0 Å². The van der Waals surface area contributed by atoms with E-state index in [9.17, 15) is 18.4 Å². The molecule has 0 aliphatic carbocycles. The molecular weight excluding hydrogens is 354 g/mol. The zero-order valence-corrected chi connectivity index (χ0v) is 16.1. The lowest BCUT2D eigenvalue weighted by Crippen LogP contribution is -2.46. The van der Waals surface area contributed by atoms with Gasteiger partial charge in [-0.3, -0.25) is 19.4 Å². The van der Waals surface area contributed by atoms with Gasteiger partial charge in [-0.15, -0.1) is 0 Å². The Bertz CT molecular complexity index is 676. The summed E-state index contributed by atoms with van der Waals surface area (Å²) >= 11 is 0. The van der Waals surface area contributed by atoms with E-state index in [0.717, 1.165) is 31.6 Å². The summed E-state index contributed by atoms with van der Waals surface area (Å²) in [5, 5.41) is 5.53. The highest BCUT2D eigenvalue weighted by Crippen LogP contribution is 2.13. The van der Waals surface area contributed by atoms with Gasteiger partial charge in [0, 0.05) is 30.4 Å². The van der Waals surface area contributed by atoms with E-state index in [4.69, 9.17) is 0 Å². The first-order chi connectivity index (χ1) is 12.6. The van der Waals surface area contributed by atoms with Crippen molar-refractivity contribution in [3.8, 4) is 0 Å². The van der Waals surface area contributed by atoms with Crippen LogP contribution in [0.4, 0.5) is 14.5 Å². The molecule has 1 aromatic rings. The molecule has 1 fully saturated rings. The number of halogens is 2. The molecule has 0 radical (unpaired) electrons. The molecule has 2 N–H and O–H groups in total. The van der Waals surface area contributed by atoms with E-state index in [2.05, 4.69) is 15.5 Å². The summed E-state index contributed by atoms with van der Waals surface area (Å²) in [4.78, 5) is 28.3. The second-order valence-corrected chi connectivity index (χ2v) is 7.88. The van der Waals surface area contributed by atoms with Gasteiger partial charge in [0.1, 0.15) is 0 Å². The number of carbonyl (C=O) groups is 2. The number of nitrogens with one attached hydrogen (secondary N) is 2. The molecular formula is C19H28F2N4O2. The Morgan fingerprint density at radius 3 is 2.11 bits per heavy atom. The zero-order chi connectivity index (χ0) is 20.0. The molecule has 150 valence electrons. The van der Waals surface area contributed by atoms with Gasteiger partial charge in [0.2, 0.25) is 11.8 Å². The standard InChI is InChI=1S/C19H28F2N4O2/c1-19(2,3)23-18(27)13-25-8-4-7-24(9-10-25)12-17(26)22-14-5-6-15(20)16(21)11-14/h5-6,11H,4,7-10,12-13H2,1-3H3,(H,22,26)(H,23,27). The largest absolute Gasteiger partial charge is 0.350 e. The van der Waals surface area contributed by atoms with E-state index in [1.165, 1.54) is 6.07 Å². The number of hydrogen-bond acceptors (Lipinski definition) is 4. The number of benzene rings is 1. The van der Waals surface area contributed by atoms with Gasteiger partial charge in [-0.1, -0.05) is 0 Å². The average Bonchev–Trinajstić information content (AvgIpc) is 2.74. The molecule has 8 heteroatoms. The van der Waals surface area contributed by atoms with Crippen LogP contribution in [0.2, 0.25) is 0 Å². The number of nitrogens with zero attached hydrogens (tertiary/aromatic N) is 2. The van der Waals surface area contributed by atoms with E-state index in [0.29, 0.717) is 19.6 Å². The minimum atomic E-state index is -0.994. The van der Waals surface area contributed by atoms with Gasteiger partial charge in [-0.2, -0.15) is 0 Å².